The lowest BCUT2D eigenvalue weighted by Crippen LogP contribution is -2.13. The molecule has 1 aromatic carbocycles. The molecular weight excluding hydrogens is 296 g/mol. The van der Waals surface area contributed by atoms with Crippen molar-refractivity contribution >= 4 is 11.6 Å². The van der Waals surface area contributed by atoms with E-state index in [1.807, 2.05) is 0 Å². The first-order chi connectivity index (χ1) is 10.5. The molecule has 0 atom stereocenters. The lowest BCUT2D eigenvalue weighted by atomic mass is 10.1. The number of nitrogens with zero attached hydrogens (tertiary/aromatic N) is 2. The fourth-order valence-corrected chi connectivity index (χ4v) is 1.93. The van der Waals surface area contributed by atoms with Gasteiger partial charge in [-0.1, -0.05) is 6.07 Å². The van der Waals surface area contributed by atoms with Gasteiger partial charge in [-0.05, 0) is 12.1 Å². The minimum Gasteiger partial charge on any atom is -0.493 e. The number of ether oxygens (including phenoxy) is 2. The highest BCUT2D eigenvalue weighted by atomic mass is 19.3. The zero-order chi connectivity index (χ0) is 16.1. The van der Waals surface area contributed by atoms with Crippen molar-refractivity contribution < 1.29 is 23.0 Å². The Labute approximate surface area is 125 Å². The molecule has 0 saturated carbocycles. The monoisotopic (exact) mass is 311 g/mol. The van der Waals surface area contributed by atoms with Gasteiger partial charge in [0, 0.05) is 6.20 Å². The summed E-state index contributed by atoms with van der Waals surface area (Å²) >= 11 is 0. The van der Waals surface area contributed by atoms with Crippen molar-refractivity contribution in [2.75, 3.05) is 19.5 Å². The molecule has 0 aliphatic carbocycles. The maximum absolute atomic E-state index is 12.3. The molecule has 0 fully saturated rings. The summed E-state index contributed by atoms with van der Waals surface area (Å²) in [7, 11) is 2.89. The van der Waals surface area contributed by atoms with Crippen LogP contribution in [0.15, 0.2) is 30.6 Å². The Morgan fingerprint density at radius 3 is 2.77 bits per heavy atom. The number of carbonyl (C=O) groups excluding carboxylic acids is 1. The van der Waals surface area contributed by atoms with Gasteiger partial charge in [0.1, 0.15) is 6.54 Å². The molecule has 1 amide bonds. The second-order valence-electron chi connectivity index (χ2n) is 4.34. The number of methoxy groups -OCH3 is 2. The molecule has 0 radical (unpaired) electrons. The second kappa shape index (κ2) is 6.88. The first-order valence-corrected chi connectivity index (χ1v) is 6.38. The summed E-state index contributed by atoms with van der Waals surface area (Å²) in [5.74, 6) is 0.262. The fraction of sp³-hybridized carbons (Fsp3) is 0.286. The van der Waals surface area contributed by atoms with Crippen LogP contribution in [0.3, 0.4) is 0 Å². The van der Waals surface area contributed by atoms with Gasteiger partial charge in [0.25, 0.3) is 12.3 Å². The molecule has 22 heavy (non-hydrogen) atoms. The quantitative estimate of drug-likeness (QED) is 0.890. The van der Waals surface area contributed by atoms with E-state index in [0.29, 0.717) is 17.2 Å². The zero-order valence-corrected chi connectivity index (χ0v) is 12.0. The van der Waals surface area contributed by atoms with Crippen molar-refractivity contribution in [1.82, 2.24) is 9.78 Å². The minimum absolute atomic E-state index is 0.267. The molecule has 1 aromatic heterocycles. The number of nitrogens with one attached hydrogen (secondary N) is 1. The number of anilines is 1. The molecule has 0 bridgehead atoms. The van der Waals surface area contributed by atoms with Gasteiger partial charge in [-0.15, -0.1) is 0 Å². The molecule has 2 aromatic rings. The largest absolute Gasteiger partial charge is 0.493 e. The number of halogens is 2. The SMILES string of the molecule is COc1cccc(C(=O)Nc2cnn(CC(F)F)c2)c1OC. The van der Waals surface area contributed by atoms with Gasteiger partial charge < -0.3 is 14.8 Å². The van der Waals surface area contributed by atoms with Crippen molar-refractivity contribution in [1.29, 1.82) is 0 Å². The Morgan fingerprint density at radius 1 is 1.36 bits per heavy atom. The van der Waals surface area contributed by atoms with Crippen molar-refractivity contribution in [2.24, 2.45) is 0 Å². The molecule has 6 nitrogen and oxygen atoms in total. The van der Waals surface area contributed by atoms with Gasteiger partial charge in [-0.2, -0.15) is 5.10 Å². The lowest BCUT2D eigenvalue weighted by molar-refractivity contribution is 0.102. The Morgan fingerprint density at radius 2 is 2.14 bits per heavy atom. The van der Waals surface area contributed by atoms with E-state index < -0.39 is 18.9 Å². The topological polar surface area (TPSA) is 65.4 Å². The number of hydrogen-bond donors (Lipinski definition) is 1. The summed E-state index contributed by atoms with van der Waals surface area (Å²) in [4.78, 5) is 12.3. The average Bonchev–Trinajstić information content (AvgIpc) is 2.92. The average molecular weight is 311 g/mol. The van der Waals surface area contributed by atoms with Crippen molar-refractivity contribution in [3.63, 3.8) is 0 Å². The third-order valence-electron chi connectivity index (χ3n) is 2.86. The third-order valence-corrected chi connectivity index (χ3v) is 2.86. The molecule has 0 unspecified atom stereocenters. The number of rotatable bonds is 6. The van der Waals surface area contributed by atoms with E-state index in [9.17, 15) is 13.6 Å². The molecular formula is C14H15F2N3O3. The Bertz CT molecular complexity index is 659. The number of benzene rings is 1. The maximum atomic E-state index is 12.3. The van der Waals surface area contributed by atoms with Gasteiger partial charge in [-0.3, -0.25) is 9.48 Å². The highest BCUT2D eigenvalue weighted by Gasteiger charge is 2.17. The van der Waals surface area contributed by atoms with Crippen LogP contribution in [0.5, 0.6) is 11.5 Å². The summed E-state index contributed by atoms with van der Waals surface area (Å²) in [6.07, 6.45) is 0.117. The fourth-order valence-electron chi connectivity index (χ4n) is 1.93. The van der Waals surface area contributed by atoms with Gasteiger partial charge in [-0.25, -0.2) is 8.78 Å². The molecule has 0 aliphatic rings. The van der Waals surface area contributed by atoms with E-state index in [1.54, 1.807) is 18.2 Å². The lowest BCUT2D eigenvalue weighted by Gasteiger charge is -2.11. The molecule has 0 saturated heterocycles. The van der Waals surface area contributed by atoms with Crippen LogP contribution in [0.25, 0.3) is 0 Å². The number of alkyl halides is 2. The molecule has 118 valence electrons. The Kier molecular flexibility index (Phi) is 4.92. The van der Waals surface area contributed by atoms with Crippen LogP contribution in [-0.4, -0.2) is 36.3 Å². The van der Waals surface area contributed by atoms with E-state index in [0.717, 1.165) is 4.68 Å². The number of hydrogen-bond acceptors (Lipinski definition) is 4. The van der Waals surface area contributed by atoms with Gasteiger partial charge in [0.15, 0.2) is 11.5 Å². The molecule has 0 aliphatic heterocycles. The van der Waals surface area contributed by atoms with E-state index in [1.165, 1.54) is 26.6 Å². The maximum Gasteiger partial charge on any atom is 0.259 e. The highest BCUT2D eigenvalue weighted by molar-refractivity contribution is 6.06. The Hall–Kier alpha value is -2.64. The van der Waals surface area contributed by atoms with Crippen molar-refractivity contribution in [3.8, 4) is 11.5 Å². The van der Waals surface area contributed by atoms with E-state index in [2.05, 4.69) is 10.4 Å². The number of amides is 1. The predicted octanol–water partition coefficient (Wildman–Crippen LogP) is 2.42. The van der Waals surface area contributed by atoms with Crippen LogP contribution >= 0.6 is 0 Å². The number of aromatic nitrogens is 2. The smallest absolute Gasteiger partial charge is 0.259 e. The van der Waals surface area contributed by atoms with Crippen LogP contribution in [0, 0.1) is 0 Å². The van der Waals surface area contributed by atoms with E-state index in [4.69, 9.17) is 9.47 Å². The van der Waals surface area contributed by atoms with Crippen LogP contribution in [-0.2, 0) is 6.54 Å². The molecule has 2 rings (SSSR count). The highest BCUT2D eigenvalue weighted by Crippen LogP contribution is 2.31. The van der Waals surface area contributed by atoms with Crippen LogP contribution < -0.4 is 14.8 Å². The molecule has 1 heterocycles. The van der Waals surface area contributed by atoms with Crippen molar-refractivity contribution in [2.45, 2.75) is 13.0 Å². The van der Waals surface area contributed by atoms with Crippen LogP contribution in [0.2, 0.25) is 0 Å². The van der Waals surface area contributed by atoms with Crippen LogP contribution in [0.1, 0.15) is 10.4 Å². The molecule has 8 heteroatoms. The van der Waals surface area contributed by atoms with Crippen LogP contribution in [0.4, 0.5) is 14.5 Å². The summed E-state index contributed by atoms with van der Waals surface area (Å²) in [6, 6.07) is 4.88. The Balaban J connectivity index is 2.17. The predicted molar refractivity (Wildman–Crippen MR) is 75.7 cm³/mol. The summed E-state index contributed by atoms with van der Waals surface area (Å²) < 4.78 is 35.9. The third kappa shape index (κ3) is 3.51. The van der Waals surface area contributed by atoms with E-state index in [-0.39, 0.29) is 5.56 Å². The second-order valence-corrected chi connectivity index (χ2v) is 4.34. The van der Waals surface area contributed by atoms with Gasteiger partial charge >= 0.3 is 0 Å². The molecule has 0 spiro atoms. The number of carbonyl (C=O) groups is 1. The first-order valence-electron chi connectivity index (χ1n) is 6.38. The van der Waals surface area contributed by atoms with Gasteiger partial charge in [0.2, 0.25) is 0 Å². The summed E-state index contributed by atoms with van der Waals surface area (Å²) in [5, 5.41) is 6.32. The van der Waals surface area contributed by atoms with Crippen molar-refractivity contribution in [3.05, 3.63) is 36.2 Å². The van der Waals surface area contributed by atoms with Gasteiger partial charge in [0.05, 0.1) is 31.7 Å². The zero-order valence-electron chi connectivity index (χ0n) is 12.0. The summed E-state index contributed by atoms with van der Waals surface area (Å²) in [6.45, 7) is -0.529. The van der Waals surface area contributed by atoms with E-state index >= 15 is 0 Å². The molecule has 1 N–H and O–H groups in total. The summed E-state index contributed by atoms with van der Waals surface area (Å²) in [5.41, 5.74) is 0.582. The number of para-hydroxylation sites is 1. The minimum atomic E-state index is -2.51. The normalized spacial score (nSPS) is 10.6. The first kappa shape index (κ1) is 15.7. The standard InChI is InChI=1S/C14H15F2N3O3/c1-21-11-5-3-4-10(13(11)22-2)14(20)18-9-6-17-19(7-9)8-12(15)16/h3-7,12H,8H2,1-2H3,(H,18,20).